The number of anilines is 1. The van der Waals surface area contributed by atoms with Crippen LogP contribution in [0.25, 0.3) is 0 Å². The van der Waals surface area contributed by atoms with Crippen molar-refractivity contribution in [2.75, 3.05) is 5.32 Å². The summed E-state index contributed by atoms with van der Waals surface area (Å²) in [6.45, 7) is 6.60. The van der Waals surface area contributed by atoms with Gasteiger partial charge in [-0.05, 0) is 38.0 Å². The molecule has 2 aromatic carbocycles. The van der Waals surface area contributed by atoms with Gasteiger partial charge in [0, 0.05) is 6.20 Å². The first-order chi connectivity index (χ1) is 15.0. The fraction of sp³-hybridized carbons (Fsp3) is 0.208. The van der Waals surface area contributed by atoms with Crippen molar-refractivity contribution in [2.45, 2.75) is 33.9 Å². The van der Waals surface area contributed by atoms with Crippen LogP contribution < -0.4 is 10.1 Å². The number of carbonyl (C=O) groups is 1. The molecule has 2 heterocycles. The minimum Gasteiger partial charge on any atom is -0.488 e. The Morgan fingerprint density at radius 2 is 1.94 bits per heavy atom. The Labute approximate surface area is 180 Å². The number of aromatic nitrogens is 3. The average Bonchev–Trinajstić information content (AvgIpc) is 3.34. The summed E-state index contributed by atoms with van der Waals surface area (Å²) < 4.78 is 13.0. The summed E-state index contributed by atoms with van der Waals surface area (Å²) in [5, 5.41) is 11.1. The van der Waals surface area contributed by atoms with Crippen LogP contribution in [0.2, 0.25) is 0 Å². The molecule has 0 aliphatic heterocycles. The number of benzene rings is 2. The molecule has 1 N–H and O–H groups in total. The van der Waals surface area contributed by atoms with Crippen LogP contribution in [0.1, 0.15) is 38.5 Å². The van der Waals surface area contributed by atoms with Crippen molar-refractivity contribution in [3.05, 3.63) is 94.6 Å². The molecule has 0 unspecified atom stereocenters. The van der Waals surface area contributed by atoms with Crippen molar-refractivity contribution >= 4 is 11.6 Å². The maximum absolute atomic E-state index is 12.8. The zero-order valence-corrected chi connectivity index (χ0v) is 17.8. The summed E-state index contributed by atoms with van der Waals surface area (Å²) >= 11 is 0. The van der Waals surface area contributed by atoms with E-state index in [1.807, 2.05) is 56.3 Å². The first-order valence-electron chi connectivity index (χ1n) is 10.0. The molecule has 31 heavy (non-hydrogen) atoms. The van der Waals surface area contributed by atoms with Gasteiger partial charge < -0.3 is 14.6 Å². The number of rotatable bonds is 7. The van der Waals surface area contributed by atoms with Crippen LogP contribution in [0, 0.1) is 20.8 Å². The van der Waals surface area contributed by atoms with E-state index in [-0.39, 0.29) is 18.2 Å². The van der Waals surface area contributed by atoms with E-state index in [1.54, 1.807) is 24.0 Å². The molecule has 0 aliphatic carbocycles. The number of nitrogens with one attached hydrogen (secondary N) is 1. The van der Waals surface area contributed by atoms with Gasteiger partial charge >= 0.3 is 0 Å². The van der Waals surface area contributed by atoms with E-state index < -0.39 is 0 Å². The second-order valence-electron chi connectivity index (χ2n) is 7.49. The van der Waals surface area contributed by atoms with Gasteiger partial charge in [-0.1, -0.05) is 53.2 Å². The predicted octanol–water partition coefficient (Wildman–Crippen LogP) is 4.68. The van der Waals surface area contributed by atoms with Crippen LogP contribution in [-0.4, -0.2) is 20.8 Å². The number of carbonyl (C=O) groups excluding carboxylic acids is 1. The molecular weight excluding hydrogens is 392 g/mol. The lowest BCUT2D eigenvalue weighted by Gasteiger charge is -2.10. The van der Waals surface area contributed by atoms with Gasteiger partial charge in [-0.2, -0.15) is 5.10 Å². The Morgan fingerprint density at radius 3 is 2.71 bits per heavy atom. The molecule has 0 saturated carbocycles. The van der Waals surface area contributed by atoms with Crippen molar-refractivity contribution in [1.82, 2.24) is 14.9 Å². The molecule has 158 valence electrons. The van der Waals surface area contributed by atoms with Crippen LogP contribution in [0.4, 0.5) is 5.69 Å². The lowest BCUT2D eigenvalue weighted by atomic mass is 10.1. The normalized spacial score (nSPS) is 10.8. The number of aryl methyl sites for hydroxylation is 3. The van der Waals surface area contributed by atoms with E-state index in [1.165, 1.54) is 5.56 Å². The fourth-order valence-electron chi connectivity index (χ4n) is 3.33. The smallest absolute Gasteiger partial charge is 0.278 e. The summed E-state index contributed by atoms with van der Waals surface area (Å²) in [7, 11) is 0. The lowest BCUT2D eigenvalue weighted by molar-refractivity contribution is 0.101. The van der Waals surface area contributed by atoms with Gasteiger partial charge in [-0.15, -0.1) is 0 Å². The maximum atomic E-state index is 12.8. The average molecular weight is 416 g/mol. The van der Waals surface area contributed by atoms with E-state index in [4.69, 9.17) is 9.26 Å². The molecule has 0 spiro atoms. The molecule has 1 amide bonds. The van der Waals surface area contributed by atoms with E-state index in [0.29, 0.717) is 23.6 Å². The number of nitrogens with zero attached hydrogens (tertiary/aromatic N) is 3. The van der Waals surface area contributed by atoms with Gasteiger partial charge in [0.25, 0.3) is 5.91 Å². The number of amides is 1. The minimum atomic E-state index is -0.365. The molecular formula is C24H24N4O3. The Balaban J connectivity index is 1.43. The van der Waals surface area contributed by atoms with Crippen molar-refractivity contribution in [2.24, 2.45) is 0 Å². The van der Waals surface area contributed by atoms with Gasteiger partial charge in [0.15, 0.2) is 5.69 Å². The zero-order chi connectivity index (χ0) is 21.8. The Morgan fingerprint density at radius 1 is 1.13 bits per heavy atom. The Hall–Kier alpha value is -3.87. The summed E-state index contributed by atoms with van der Waals surface area (Å²) in [6, 6.07) is 16.0. The molecule has 0 atom stereocenters. The molecule has 0 aliphatic rings. The highest BCUT2D eigenvalue weighted by Gasteiger charge is 2.21. The zero-order valence-electron chi connectivity index (χ0n) is 17.8. The quantitative estimate of drug-likeness (QED) is 0.473. The minimum absolute atomic E-state index is 0.190. The summed E-state index contributed by atoms with van der Waals surface area (Å²) in [5.74, 6) is 0.949. The topological polar surface area (TPSA) is 82.2 Å². The maximum Gasteiger partial charge on any atom is 0.278 e. The third kappa shape index (κ3) is 4.83. The Kier molecular flexibility index (Phi) is 5.84. The largest absolute Gasteiger partial charge is 0.488 e. The summed E-state index contributed by atoms with van der Waals surface area (Å²) in [5.41, 5.74) is 4.74. The molecule has 7 heteroatoms. The second-order valence-corrected chi connectivity index (χ2v) is 7.49. The highest BCUT2D eigenvalue weighted by Crippen LogP contribution is 2.23. The SMILES string of the molecule is Cc1ccc(OCc2c(C(=O)Nc3cnn(Cc4ccccc4)c3)noc2C)c(C)c1. The number of hydrogen-bond acceptors (Lipinski definition) is 5. The van der Waals surface area contributed by atoms with Gasteiger partial charge in [0.1, 0.15) is 18.1 Å². The molecule has 2 aromatic heterocycles. The fourth-order valence-corrected chi connectivity index (χ4v) is 3.33. The van der Waals surface area contributed by atoms with Gasteiger partial charge in [-0.3, -0.25) is 9.48 Å². The van der Waals surface area contributed by atoms with Crippen molar-refractivity contribution in [3.8, 4) is 5.75 Å². The van der Waals surface area contributed by atoms with Crippen LogP contribution in [0.3, 0.4) is 0 Å². The van der Waals surface area contributed by atoms with Crippen molar-refractivity contribution in [3.63, 3.8) is 0 Å². The van der Waals surface area contributed by atoms with E-state index >= 15 is 0 Å². The van der Waals surface area contributed by atoms with Crippen LogP contribution >= 0.6 is 0 Å². The standard InChI is InChI=1S/C24H24N4O3/c1-16-9-10-22(17(2)11-16)30-15-21-18(3)31-27-23(21)24(29)26-20-12-25-28(14-20)13-19-7-5-4-6-8-19/h4-12,14H,13,15H2,1-3H3,(H,26,29). The molecule has 7 nitrogen and oxygen atoms in total. The molecule has 0 saturated heterocycles. The highest BCUT2D eigenvalue weighted by atomic mass is 16.5. The Bertz CT molecular complexity index is 1190. The number of hydrogen-bond donors (Lipinski definition) is 1. The highest BCUT2D eigenvalue weighted by molar-refractivity contribution is 6.03. The van der Waals surface area contributed by atoms with E-state index in [0.717, 1.165) is 16.9 Å². The summed E-state index contributed by atoms with van der Waals surface area (Å²) in [4.78, 5) is 12.8. The van der Waals surface area contributed by atoms with Crippen LogP contribution in [0.5, 0.6) is 5.75 Å². The lowest BCUT2D eigenvalue weighted by Crippen LogP contribution is -2.15. The third-order valence-electron chi connectivity index (χ3n) is 4.98. The monoisotopic (exact) mass is 416 g/mol. The molecule has 4 aromatic rings. The second kappa shape index (κ2) is 8.87. The third-order valence-corrected chi connectivity index (χ3v) is 4.98. The van der Waals surface area contributed by atoms with Crippen LogP contribution in [0.15, 0.2) is 65.4 Å². The van der Waals surface area contributed by atoms with Gasteiger partial charge in [0.2, 0.25) is 0 Å². The molecule has 0 radical (unpaired) electrons. The van der Waals surface area contributed by atoms with Crippen LogP contribution in [-0.2, 0) is 13.2 Å². The van der Waals surface area contributed by atoms with E-state index in [2.05, 4.69) is 21.6 Å². The molecule has 4 rings (SSSR count). The van der Waals surface area contributed by atoms with Crippen molar-refractivity contribution < 1.29 is 14.1 Å². The molecule has 0 fully saturated rings. The van der Waals surface area contributed by atoms with Crippen molar-refractivity contribution in [1.29, 1.82) is 0 Å². The van der Waals surface area contributed by atoms with Gasteiger partial charge in [0.05, 0.1) is 24.0 Å². The van der Waals surface area contributed by atoms with Gasteiger partial charge in [-0.25, -0.2) is 0 Å². The first-order valence-corrected chi connectivity index (χ1v) is 10.0. The number of ether oxygens (including phenoxy) is 1. The molecule has 0 bridgehead atoms. The summed E-state index contributed by atoms with van der Waals surface area (Å²) in [6.07, 6.45) is 3.39. The first kappa shape index (κ1) is 20.4. The van der Waals surface area contributed by atoms with E-state index in [9.17, 15) is 4.79 Å². The predicted molar refractivity (Wildman–Crippen MR) is 117 cm³/mol.